The van der Waals surface area contributed by atoms with Crippen molar-refractivity contribution in [2.45, 2.75) is 36.6 Å². The summed E-state index contributed by atoms with van der Waals surface area (Å²) in [6.45, 7) is -0.597. The number of amides is 2. The van der Waals surface area contributed by atoms with Crippen LogP contribution in [0.4, 0.5) is 5.69 Å². The van der Waals surface area contributed by atoms with Crippen molar-refractivity contribution in [3.63, 3.8) is 0 Å². The van der Waals surface area contributed by atoms with Gasteiger partial charge >= 0.3 is 5.97 Å². The third-order valence-corrected chi connectivity index (χ3v) is 6.53. The molecule has 2 aromatic carbocycles. The quantitative estimate of drug-likeness (QED) is 0.518. The number of anilines is 1. The lowest BCUT2D eigenvalue weighted by Crippen LogP contribution is -2.33. The molecule has 2 amide bonds. The van der Waals surface area contributed by atoms with Gasteiger partial charge in [-0.25, -0.2) is 17.9 Å². The highest BCUT2D eigenvalue weighted by Crippen LogP contribution is 2.20. The summed E-state index contributed by atoms with van der Waals surface area (Å²) in [6, 6.07) is 12.0. The highest BCUT2D eigenvalue weighted by Gasteiger charge is 2.21. The first kappa shape index (κ1) is 23.4. The minimum absolute atomic E-state index is 0.00883. The fourth-order valence-electron chi connectivity index (χ4n) is 3.43. The maximum Gasteiger partial charge on any atom is 0.338 e. The van der Waals surface area contributed by atoms with Crippen LogP contribution in [0.1, 0.15) is 46.4 Å². The fourth-order valence-corrected chi connectivity index (χ4v) is 4.21. The second-order valence-electron chi connectivity index (χ2n) is 7.36. The molecule has 9 nitrogen and oxygen atoms in total. The Balaban J connectivity index is 1.60. The zero-order valence-electron chi connectivity index (χ0n) is 17.6. The molecule has 0 aromatic heterocycles. The summed E-state index contributed by atoms with van der Waals surface area (Å²) < 4.78 is 30.9. The van der Waals surface area contributed by atoms with Gasteiger partial charge in [0.1, 0.15) is 0 Å². The van der Waals surface area contributed by atoms with Gasteiger partial charge in [-0.05, 0) is 50.2 Å². The van der Waals surface area contributed by atoms with Crippen LogP contribution in [0.15, 0.2) is 53.4 Å². The van der Waals surface area contributed by atoms with Crippen molar-refractivity contribution in [1.29, 1.82) is 0 Å². The topological polar surface area (TPSA) is 131 Å². The van der Waals surface area contributed by atoms with E-state index in [1.165, 1.54) is 25.2 Å². The van der Waals surface area contributed by atoms with E-state index in [-0.39, 0.29) is 22.4 Å². The number of carbonyl (C=O) groups is 3. The third kappa shape index (κ3) is 5.92. The van der Waals surface area contributed by atoms with Crippen LogP contribution in [-0.4, -0.2) is 45.9 Å². The molecule has 1 aliphatic rings. The summed E-state index contributed by atoms with van der Waals surface area (Å²) in [5.41, 5.74) is 0.626. The highest BCUT2D eigenvalue weighted by atomic mass is 32.2. The monoisotopic (exact) mass is 459 g/mol. The first-order chi connectivity index (χ1) is 15.3. The molecular weight excluding hydrogens is 434 g/mol. The van der Waals surface area contributed by atoms with Gasteiger partial charge in [0.25, 0.3) is 11.8 Å². The highest BCUT2D eigenvalue weighted by molar-refractivity contribution is 7.89. The predicted molar refractivity (Wildman–Crippen MR) is 118 cm³/mol. The van der Waals surface area contributed by atoms with Gasteiger partial charge in [0.05, 0.1) is 21.7 Å². The van der Waals surface area contributed by atoms with Gasteiger partial charge in [-0.1, -0.05) is 31.0 Å². The summed E-state index contributed by atoms with van der Waals surface area (Å²) >= 11 is 0. The predicted octanol–water partition coefficient (Wildman–Crippen LogP) is 2.06. The SMILES string of the molecule is CNS(=O)(=O)c1cccc(C(=O)OCC(=O)Nc2ccccc2C(=O)NC2CCCC2)c1. The van der Waals surface area contributed by atoms with Gasteiger partial charge in [0, 0.05) is 6.04 Å². The molecule has 170 valence electrons. The van der Waals surface area contributed by atoms with E-state index in [4.69, 9.17) is 4.74 Å². The number of benzene rings is 2. The molecule has 0 heterocycles. The molecule has 0 radical (unpaired) electrons. The van der Waals surface area contributed by atoms with Gasteiger partial charge in [-0.15, -0.1) is 0 Å². The molecular formula is C22H25N3O6S. The summed E-state index contributed by atoms with van der Waals surface area (Å²) in [6.07, 6.45) is 4.04. The molecule has 3 rings (SSSR count). The van der Waals surface area contributed by atoms with Crippen molar-refractivity contribution in [3.8, 4) is 0 Å². The Hall–Kier alpha value is -3.24. The van der Waals surface area contributed by atoms with E-state index in [0.29, 0.717) is 11.3 Å². The van der Waals surface area contributed by atoms with E-state index < -0.39 is 28.5 Å². The van der Waals surface area contributed by atoms with E-state index in [1.54, 1.807) is 24.3 Å². The van der Waals surface area contributed by atoms with Crippen molar-refractivity contribution < 1.29 is 27.5 Å². The van der Waals surface area contributed by atoms with Gasteiger partial charge in [-0.2, -0.15) is 0 Å². The van der Waals surface area contributed by atoms with Gasteiger partial charge in [0.15, 0.2) is 6.61 Å². The first-order valence-electron chi connectivity index (χ1n) is 10.2. The lowest BCUT2D eigenvalue weighted by Gasteiger charge is -2.15. The van der Waals surface area contributed by atoms with Crippen LogP contribution in [0, 0.1) is 0 Å². The number of rotatable bonds is 8. The lowest BCUT2D eigenvalue weighted by atomic mass is 10.1. The van der Waals surface area contributed by atoms with Crippen molar-refractivity contribution in [1.82, 2.24) is 10.0 Å². The Bertz CT molecular complexity index is 1110. The molecule has 0 bridgehead atoms. The maximum absolute atomic E-state index is 12.6. The van der Waals surface area contributed by atoms with E-state index in [1.807, 2.05) is 0 Å². The largest absolute Gasteiger partial charge is 0.452 e. The van der Waals surface area contributed by atoms with E-state index in [9.17, 15) is 22.8 Å². The fraction of sp³-hybridized carbons (Fsp3) is 0.318. The van der Waals surface area contributed by atoms with Gasteiger partial charge < -0.3 is 15.4 Å². The van der Waals surface area contributed by atoms with Crippen LogP contribution >= 0.6 is 0 Å². The molecule has 0 saturated heterocycles. The average Bonchev–Trinajstić information content (AvgIpc) is 3.31. The van der Waals surface area contributed by atoms with Crippen molar-refractivity contribution in [3.05, 3.63) is 59.7 Å². The molecule has 1 saturated carbocycles. The zero-order chi connectivity index (χ0) is 23.1. The molecule has 0 spiro atoms. The van der Waals surface area contributed by atoms with Crippen molar-refractivity contribution in [2.75, 3.05) is 19.0 Å². The smallest absolute Gasteiger partial charge is 0.338 e. The van der Waals surface area contributed by atoms with Crippen LogP contribution in [-0.2, 0) is 19.6 Å². The van der Waals surface area contributed by atoms with E-state index >= 15 is 0 Å². The molecule has 1 fully saturated rings. The second kappa shape index (κ2) is 10.4. The van der Waals surface area contributed by atoms with Crippen LogP contribution < -0.4 is 15.4 Å². The summed E-state index contributed by atoms with van der Waals surface area (Å²) in [7, 11) is -2.46. The Morgan fingerprint density at radius 2 is 1.75 bits per heavy atom. The number of sulfonamides is 1. The standard InChI is InChI=1S/C22H25N3O6S/c1-23-32(29,30)17-10-6-7-15(13-17)22(28)31-14-20(26)25-19-12-5-4-11-18(19)21(27)24-16-8-2-3-9-16/h4-7,10-13,16,23H,2-3,8-9,14H2,1H3,(H,24,27)(H,25,26). The van der Waals surface area contributed by atoms with Crippen molar-refractivity contribution in [2.24, 2.45) is 0 Å². The molecule has 0 atom stereocenters. The number of nitrogens with one attached hydrogen (secondary N) is 3. The van der Waals surface area contributed by atoms with E-state index in [2.05, 4.69) is 15.4 Å². The Morgan fingerprint density at radius 1 is 1.03 bits per heavy atom. The number of hydrogen-bond acceptors (Lipinski definition) is 6. The Labute approximate surface area is 186 Å². The summed E-state index contributed by atoms with van der Waals surface area (Å²) in [4.78, 5) is 37.1. The zero-order valence-corrected chi connectivity index (χ0v) is 18.4. The molecule has 10 heteroatoms. The second-order valence-corrected chi connectivity index (χ2v) is 9.25. The number of para-hydroxylation sites is 1. The van der Waals surface area contributed by atoms with Crippen LogP contribution in [0.25, 0.3) is 0 Å². The average molecular weight is 460 g/mol. The van der Waals surface area contributed by atoms with Gasteiger partial charge in [0.2, 0.25) is 10.0 Å². The Morgan fingerprint density at radius 3 is 2.47 bits per heavy atom. The van der Waals surface area contributed by atoms with Crippen LogP contribution in [0.2, 0.25) is 0 Å². The molecule has 3 N–H and O–H groups in total. The minimum atomic E-state index is -3.72. The number of hydrogen-bond donors (Lipinski definition) is 3. The normalized spacial score (nSPS) is 14.0. The summed E-state index contributed by atoms with van der Waals surface area (Å²) in [5.74, 6) is -1.74. The molecule has 1 aliphatic carbocycles. The van der Waals surface area contributed by atoms with Gasteiger partial charge in [-0.3, -0.25) is 9.59 Å². The van der Waals surface area contributed by atoms with E-state index in [0.717, 1.165) is 31.7 Å². The van der Waals surface area contributed by atoms with Crippen LogP contribution in [0.5, 0.6) is 0 Å². The third-order valence-electron chi connectivity index (χ3n) is 5.12. The minimum Gasteiger partial charge on any atom is -0.452 e. The maximum atomic E-state index is 12.6. The van der Waals surface area contributed by atoms with Crippen LogP contribution in [0.3, 0.4) is 0 Å². The first-order valence-corrected chi connectivity index (χ1v) is 11.7. The number of ether oxygens (including phenoxy) is 1. The molecule has 0 aliphatic heterocycles. The summed E-state index contributed by atoms with van der Waals surface area (Å²) in [5, 5.41) is 5.56. The van der Waals surface area contributed by atoms with Crippen molar-refractivity contribution >= 4 is 33.5 Å². The Kier molecular flexibility index (Phi) is 7.60. The molecule has 0 unspecified atom stereocenters. The lowest BCUT2D eigenvalue weighted by molar-refractivity contribution is -0.119. The number of esters is 1. The molecule has 32 heavy (non-hydrogen) atoms. The number of carbonyl (C=O) groups excluding carboxylic acids is 3. The molecule has 2 aromatic rings.